The Morgan fingerprint density at radius 2 is 1.95 bits per heavy atom. The predicted octanol–water partition coefficient (Wildman–Crippen LogP) is 2.73. The van der Waals surface area contributed by atoms with Crippen molar-refractivity contribution in [3.05, 3.63) is 29.1 Å². The Kier molecular flexibility index (Phi) is 4.12. The molecule has 0 unspecified atom stereocenters. The number of hydrogen-bond acceptors (Lipinski definition) is 5. The molecule has 0 amide bonds. The number of nitrogens with one attached hydrogen (secondary N) is 1. The Balaban J connectivity index is 2.60. The summed E-state index contributed by atoms with van der Waals surface area (Å²) < 4.78 is 19.5. The highest BCUT2D eigenvalue weighted by molar-refractivity contribution is 5.62. The van der Waals surface area contributed by atoms with E-state index < -0.39 is 0 Å². The summed E-state index contributed by atoms with van der Waals surface area (Å²) >= 11 is 0. The van der Waals surface area contributed by atoms with E-state index in [0.717, 1.165) is 11.1 Å². The second kappa shape index (κ2) is 5.81. The Morgan fingerprint density at radius 1 is 1.20 bits per heavy atom. The minimum absolute atomic E-state index is 0.182. The largest absolute Gasteiger partial charge is 0.464 e. The molecule has 20 heavy (non-hydrogen) atoms. The van der Waals surface area contributed by atoms with Gasteiger partial charge in [0.2, 0.25) is 5.95 Å². The predicted molar refractivity (Wildman–Crippen MR) is 75.4 cm³/mol. The normalized spacial score (nSPS) is 10.4. The lowest BCUT2D eigenvalue weighted by molar-refractivity contribution is 0.312. The van der Waals surface area contributed by atoms with E-state index >= 15 is 0 Å². The summed E-state index contributed by atoms with van der Waals surface area (Å²) in [5, 5.41) is 2.82. The van der Waals surface area contributed by atoms with Crippen LogP contribution >= 0.6 is 0 Å². The summed E-state index contributed by atoms with van der Waals surface area (Å²) in [7, 11) is 1.69. The van der Waals surface area contributed by atoms with Gasteiger partial charge in [0, 0.05) is 7.05 Å². The van der Waals surface area contributed by atoms with Crippen LogP contribution in [0.3, 0.4) is 0 Å². The Labute approximate surface area is 117 Å². The van der Waals surface area contributed by atoms with Crippen LogP contribution in [0, 0.1) is 19.7 Å². The lowest BCUT2D eigenvalue weighted by atomic mass is 10.0. The summed E-state index contributed by atoms with van der Waals surface area (Å²) in [5.41, 5.74) is 2.00. The number of anilines is 1. The SMILES string of the molecule is CCOc1nc(NC)nc(-c2c(C)cc(C)cc2F)n1. The van der Waals surface area contributed by atoms with Crippen molar-refractivity contribution in [1.82, 2.24) is 15.0 Å². The van der Waals surface area contributed by atoms with E-state index in [1.165, 1.54) is 6.07 Å². The average Bonchev–Trinajstić information content (AvgIpc) is 2.37. The van der Waals surface area contributed by atoms with E-state index in [0.29, 0.717) is 18.1 Å². The fourth-order valence-electron chi connectivity index (χ4n) is 1.97. The molecule has 5 nitrogen and oxygen atoms in total. The average molecular weight is 276 g/mol. The third kappa shape index (κ3) is 2.84. The molecule has 0 bridgehead atoms. The molecular formula is C14H17FN4O. The van der Waals surface area contributed by atoms with E-state index in [1.54, 1.807) is 7.05 Å². The molecule has 1 N–H and O–H groups in total. The van der Waals surface area contributed by atoms with Gasteiger partial charge in [0.25, 0.3) is 0 Å². The molecule has 0 saturated carbocycles. The molecule has 1 aromatic carbocycles. The molecule has 1 heterocycles. The van der Waals surface area contributed by atoms with Gasteiger partial charge in [-0.1, -0.05) is 6.07 Å². The maximum atomic E-state index is 14.2. The smallest absolute Gasteiger partial charge is 0.321 e. The van der Waals surface area contributed by atoms with Crippen molar-refractivity contribution in [2.75, 3.05) is 19.0 Å². The van der Waals surface area contributed by atoms with Gasteiger partial charge in [-0.2, -0.15) is 15.0 Å². The molecule has 6 heteroatoms. The third-order valence-corrected chi connectivity index (χ3v) is 2.77. The van der Waals surface area contributed by atoms with Gasteiger partial charge in [0.05, 0.1) is 12.2 Å². The van der Waals surface area contributed by atoms with E-state index in [2.05, 4.69) is 20.3 Å². The first-order valence-corrected chi connectivity index (χ1v) is 6.39. The van der Waals surface area contributed by atoms with Gasteiger partial charge in [-0.3, -0.25) is 0 Å². The molecule has 0 fully saturated rings. The third-order valence-electron chi connectivity index (χ3n) is 2.77. The van der Waals surface area contributed by atoms with Crippen molar-refractivity contribution >= 4 is 5.95 Å². The molecule has 0 aliphatic heterocycles. The molecule has 0 radical (unpaired) electrons. The summed E-state index contributed by atoms with van der Waals surface area (Å²) in [6.07, 6.45) is 0. The van der Waals surface area contributed by atoms with Gasteiger partial charge < -0.3 is 10.1 Å². The van der Waals surface area contributed by atoms with Crippen LogP contribution in [0.4, 0.5) is 10.3 Å². The first kappa shape index (κ1) is 14.2. The Hall–Kier alpha value is -2.24. The maximum absolute atomic E-state index is 14.2. The van der Waals surface area contributed by atoms with Crippen molar-refractivity contribution < 1.29 is 9.13 Å². The van der Waals surface area contributed by atoms with E-state index in [4.69, 9.17) is 4.74 Å². The van der Waals surface area contributed by atoms with Gasteiger partial charge in [0.1, 0.15) is 5.82 Å². The summed E-state index contributed by atoms with van der Waals surface area (Å²) in [6.45, 7) is 5.94. The van der Waals surface area contributed by atoms with Gasteiger partial charge in [-0.25, -0.2) is 4.39 Å². The first-order valence-electron chi connectivity index (χ1n) is 6.39. The number of benzene rings is 1. The molecule has 2 aromatic rings. The highest BCUT2D eigenvalue weighted by Gasteiger charge is 2.15. The van der Waals surface area contributed by atoms with Gasteiger partial charge in [0.15, 0.2) is 5.82 Å². The topological polar surface area (TPSA) is 59.9 Å². The molecule has 1 aromatic heterocycles. The van der Waals surface area contributed by atoms with Gasteiger partial charge in [-0.05, 0) is 38.0 Å². The quantitative estimate of drug-likeness (QED) is 0.930. The number of aryl methyl sites for hydroxylation is 2. The Morgan fingerprint density at radius 3 is 2.55 bits per heavy atom. The molecule has 2 rings (SSSR count). The van der Waals surface area contributed by atoms with E-state index in [1.807, 2.05) is 26.8 Å². The number of rotatable bonds is 4. The second-order valence-corrected chi connectivity index (χ2v) is 4.39. The van der Waals surface area contributed by atoms with Crippen LogP contribution in [0.25, 0.3) is 11.4 Å². The maximum Gasteiger partial charge on any atom is 0.321 e. The molecule has 106 valence electrons. The zero-order chi connectivity index (χ0) is 14.7. The summed E-state index contributed by atoms with van der Waals surface area (Å²) in [6, 6.07) is 3.54. The molecule has 0 saturated heterocycles. The lowest BCUT2D eigenvalue weighted by Gasteiger charge is -2.10. The monoisotopic (exact) mass is 276 g/mol. The molecule has 0 aliphatic carbocycles. The van der Waals surface area contributed by atoms with Crippen LogP contribution in [0.15, 0.2) is 12.1 Å². The Bertz CT molecular complexity index is 608. The molecule has 0 aliphatic rings. The minimum atomic E-state index is -0.349. The lowest BCUT2D eigenvalue weighted by Crippen LogP contribution is -2.06. The number of hydrogen-bond donors (Lipinski definition) is 1. The van der Waals surface area contributed by atoms with Crippen molar-refractivity contribution in [2.24, 2.45) is 0 Å². The first-order chi connectivity index (χ1) is 9.55. The fourth-order valence-corrected chi connectivity index (χ4v) is 1.97. The number of nitrogens with zero attached hydrogens (tertiary/aromatic N) is 3. The van der Waals surface area contributed by atoms with Crippen molar-refractivity contribution in [1.29, 1.82) is 0 Å². The highest BCUT2D eigenvalue weighted by atomic mass is 19.1. The van der Waals surface area contributed by atoms with Gasteiger partial charge in [-0.15, -0.1) is 0 Å². The van der Waals surface area contributed by atoms with Crippen LogP contribution in [0.5, 0.6) is 6.01 Å². The van der Waals surface area contributed by atoms with Crippen LogP contribution in [0.1, 0.15) is 18.1 Å². The van der Waals surface area contributed by atoms with Gasteiger partial charge >= 0.3 is 6.01 Å². The zero-order valence-corrected chi connectivity index (χ0v) is 12.0. The van der Waals surface area contributed by atoms with Crippen molar-refractivity contribution in [2.45, 2.75) is 20.8 Å². The van der Waals surface area contributed by atoms with E-state index in [9.17, 15) is 4.39 Å². The minimum Gasteiger partial charge on any atom is -0.464 e. The summed E-state index contributed by atoms with van der Waals surface area (Å²) in [4.78, 5) is 12.4. The summed E-state index contributed by atoms with van der Waals surface area (Å²) in [5.74, 6) is 0.263. The standard InChI is InChI=1S/C14H17FN4O/c1-5-20-14-18-12(17-13(16-4)19-14)11-9(3)6-8(2)7-10(11)15/h6-7H,5H2,1-4H3,(H,16,17,18,19). The molecular weight excluding hydrogens is 259 g/mol. The molecule has 0 atom stereocenters. The van der Waals surface area contributed by atoms with Crippen LogP contribution in [0.2, 0.25) is 0 Å². The van der Waals surface area contributed by atoms with Crippen LogP contribution in [-0.4, -0.2) is 28.6 Å². The van der Waals surface area contributed by atoms with Crippen molar-refractivity contribution in [3.63, 3.8) is 0 Å². The molecule has 0 spiro atoms. The number of ether oxygens (including phenoxy) is 1. The zero-order valence-electron chi connectivity index (χ0n) is 12.0. The van der Waals surface area contributed by atoms with Crippen LogP contribution < -0.4 is 10.1 Å². The highest BCUT2D eigenvalue weighted by Crippen LogP contribution is 2.26. The second-order valence-electron chi connectivity index (χ2n) is 4.39. The number of aromatic nitrogens is 3. The van der Waals surface area contributed by atoms with Crippen molar-refractivity contribution in [3.8, 4) is 17.4 Å². The van der Waals surface area contributed by atoms with Crippen LogP contribution in [-0.2, 0) is 0 Å². The van der Waals surface area contributed by atoms with E-state index in [-0.39, 0.29) is 17.7 Å². The fraction of sp³-hybridized carbons (Fsp3) is 0.357. The number of halogens is 1.